The first-order chi connectivity index (χ1) is 3.77. The molecule has 0 aromatic rings. The molecule has 0 heterocycles. The van der Waals surface area contributed by atoms with Crippen LogP contribution in [0.3, 0.4) is 0 Å². The van der Waals surface area contributed by atoms with Crippen molar-refractivity contribution in [3.8, 4) is 0 Å². The Bertz CT molecular complexity index is 99.5. The quantitative estimate of drug-likeness (QED) is 0.355. The second kappa shape index (κ2) is 4.46. The van der Waals surface area contributed by atoms with E-state index < -0.39 is 6.16 Å². The Balaban J connectivity index is 3.16. The average Bonchev–Trinajstić information content (AvgIpc) is 1.66. The van der Waals surface area contributed by atoms with Crippen LogP contribution in [0.25, 0.3) is 0 Å². The molecule has 0 saturated heterocycles. The maximum absolute atomic E-state index is 9.56. The summed E-state index contributed by atoms with van der Waals surface area (Å²) in [6, 6.07) is 0. The number of ether oxygens (including phenoxy) is 1. The molecule has 0 spiro atoms. The zero-order chi connectivity index (χ0) is 6.41. The van der Waals surface area contributed by atoms with Crippen LogP contribution in [0.1, 0.15) is 0 Å². The highest BCUT2D eigenvalue weighted by molar-refractivity contribution is 6.18. The molecule has 46 valence electrons. The SMILES string of the molecule is O=C(O)OC=CCCl. The summed E-state index contributed by atoms with van der Waals surface area (Å²) in [5.41, 5.74) is 0. The standard InChI is InChI=1S/C4H5ClO3/c5-2-1-3-8-4(6)7/h1,3H,2H2,(H,6,7). The molecule has 0 aromatic carbocycles. The van der Waals surface area contributed by atoms with Crippen molar-refractivity contribution in [3.05, 3.63) is 12.3 Å². The van der Waals surface area contributed by atoms with E-state index in [2.05, 4.69) is 4.74 Å². The third-order valence-electron chi connectivity index (χ3n) is 0.354. The topological polar surface area (TPSA) is 46.5 Å². The molecule has 3 nitrogen and oxygen atoms in total. The number of halogens is 1. The molecular formula is C4H5ClO3. The predicted octanol–water partition coefficient (Wildman–Crippen LogP) is 1.43. The fourth-order valence-corrected chi connectivity index (χ4v) is 0.215. The van der Waals surface area contributed by atoms with Crippen molar-refractivity contribution < 1.29 is 14.6 Å². The highest BCUT2D eigenvalue weighted by Gasteiger charge is 1.86. The maximum atomic E-state index is 9.56. The monoisotopic (exact) mass is 136 g/mol. The highest BCUT2D eigenvalue weighted by atomic mass is 35.5. The minimum Gasteiger partial charge on any atom is -0.449 e. The van der Waals surface area contributed by atoms with Gasteiger partial charge < -0.3 is 9.84 Å². The minimum absolute atomic E-state index is 0.257. The zero-order valence-corrected chi connectivity index (χ0v) is 4.76. The third kappa shape index (κ3) is 5.30. The van der Waals surface area contributed by atoms with Crippen LogP contribution in [0.2, 0.25) is 0 Å². The molecule has 1 N–H and O–H groups in total. The molecule has 0 aliphatic heterocycles. The first-order valence-corrected chi connectivity index (χ1v) is 2.41. The Labute approximate surface area is 51.5 Å². The van der Waals surface area contributed by atoms with E-state index in [1.54, 1.807) is 0 Å². The van der Waals surface area contributed by atoms with Crippen molar-refractivity contribution in [1.29, 1.82) is 0 Å². The van der Waals surface area contributed by atoms with Gasteiger partial charge in [0.2, 0.25) is 0 Å². The Kier molecular flexibility index (Phi) is 4.07. The number of hydrogen-bond acceptors (Lipinski definition) is 2. The van der Waals surface area contributed by atoms with Crippen LogP contribution in [0.5, 0.6) is 0 Å². The fraction of sp³-hybridized carbons (Fsp3) is 0.250. The summed E-state index contributed by atoms with van der Waals surface area (Å²) >= 11 is 5.13. The van der Waals surface area contributed by atoms with E-state index >= 15 is 0 Å². The molecule has 0 aromatic heterocycles. The molecule has 0 aliphatic carbocycles. The highest BCUT2D eigenvalue weighted by Crippen LogP contribution is 1.80. The van der Waals surface area contributed by atoms with Crippen LogP contribution < -0.4 is 0 Å². The molecule has 0 aliphatic rings. The van der Waals surface area contributed by atoms with E-state index in [1.807, 2.05) is 0 Å². The molecule has 0 radical (unpaired) electrons. The molecule has 0 saturated carbocycles. The van der Waals surface area contributed by atoms with Crippen LogP contribution >= 0.6 is 11.6 Å². The van der Waals surface area contributed by atoms with Gasteiger partial charge in [0, 0.05) is 5.88 Å². The molecule has 0 bridgehead atoms. The van der Waals surface area contributed by atoms with Gasteiger partial charge in [-0.3, -0.25) is 0 Å². The lowest BCUT2D eigenvalue weighted by Gasteiger charge is -1.84. The molecule has 4 heteroatoms. The molecule has 0 rings (SSSR count). The van der Waals surface area contributed by atoms with Gasteiger partial charge in [0.15, 0.2) is 0 Å². The van der Waals surface area contributed by atoms with Crippen molar-refractivity contribution in [2.24, 2.45) is 0 Å². The lowest BCUT2D eigenvalue weighted by Crippen LogP contribution is -1.91. The zero-order valence-electron chi connectivity index (χ0n) is 4.00. The van der Waals surface area contributed by atoms with Gasteiger partial charge in [0.1, 0.15) is 0 Å². The summed E-state index contributed by atoms with van der Waals surface area (Å²) < 4.78 is 3.93. The van der Waals surface area contributed by atoms with Gasteiger partial charge in [-0.05, 0) is 6.08 Å². The Morgan fingerprint density at radius 2 is 2.50 bits per heavy atom. The van der Waals surface area contributed by atoms with Crippen molar-refractivity contribution in [2.75, 3.05) is 5.88 Å². The van der Waals surface area contributed by atoms with Crippen molar-refractivity contribution in [1.82, 2.24) is 0 Å². The number of allylic oxidation sites excluding steroid dienone is 1. The van der Waals surface area contributed by atoms with E-state index in [0.717, 1.165) is 6.26 Å². The second-order valence-corrected chi connectivity index (χ2v) is 1.22. The number of hydrogen-bond donors (Lipinski definition) is 1. The largest absolute Gasteiger partial charge is 0.510 e. The molecule has 0 atom stereocenters. The Hall–Kier alpha value is -0.700. The second-order valence-electron chi connectivity index (χ2n) is 0.910. The van der Waals surface area contributed by atoms with Gasteiger partial charge in [-0.15, -0.1) is 11.6 Å². The molecule has 0 fully saturated rings. The van der Waals surface area contributed by atoms with Gasteiger partial charge in [0.05, 0.1) is 6.26 Å². The van der Waals surface area contributed by atoms with Crippen molar-refractivity contribution >= 4 is 17.8 Å². The van der Waals surface area contributed by atoms with Crippen LogP contribution in [-0.2, 0) is 4.74 Å². The van der Waals surface area contributed by atoms with Crippen molar-refractivity contribution in [3.63, 3.8) is 0 Å². The summed E-state index contributed by atoms with van der Waals surface area (Å²) in [5.74, 6) is 0.257. The van der Waals surface area contributed by atoms with Gasteiger partial charge in [-0.2, -0.15) is 0 Å². The number of carbonyl (C=O) groups is 1. The van der Waals surface area contributed by atoms with E-state index in [0.29, 0.717) is 0 Å². The average molecular weight is 137 g/mol. The number of carboxylic acid groups (broad SMARTS) is 1. The fourth-order valence-electron chi connectivity index (χ4n) is 0.143. The smallest absolute Gasteiger partial charge is 0.449 e. The summed E-state index contributed by atoms with van der Waals surface area (Å²) in [5, 5.41) is 7.82. The minimum atomic E-state index is -1.33. The van der Waals surface area contributed by atoms with Gasteiger partial charge in [0.25, 0.3) is 0 Å². The van der Waals surface area contributed by atoms with Crippen LogP contribution in [-0.4, -0.2) is 17.1 Å². The first-order valence-electron chi connectivity index (χ1n) is 1.88. The molecular weight excluding hydrogens is 131 g/mol. The summed E-state index contributed by atoms with van der Waals surface area (Å²) in [6.07, 6.45) is 1.08. The van der Waals surface area contributed by atoms with E-state index in [1.165, 1.54) is 6.08 Å². The molecule has 0 amide bonds. The summed E-state index contributed by atoms with van der Waals surface area (Å²) in [7, 11) is 0. The number of rotatable bonds is 2. The van der Waals surface area contributed by atoms with Gasteiger partial charge in [-0.25, -0.2) is 4.79 Å². The first kappa shape index (κ1) is 7.30. The molecule has 0 unspecified atom stereocenters. The summed E-state index contributed by atoms with van der Waals surface area (Å²) in [4.78, 5) is 9.56. The van der Waals surface area contributed by atoms with E-state index in [9.17, 15) is 4.79 Å². The normalized spacial score (nSPS) is 9.62. The third-order valence-corrected chi connectivity index (χ3v) is 0.532. The predicted molar refractivity (Wildman–Crippen MR) is 29.0 cm³/mol. The summed E-state index contributed by atoms with van der Waals surface area (Å²) in [6.45, 7) is 0. The molecule has 8 heavy (non-hydrogen) atoms. The van der Waals surface area contributed by atoms with Gasteiger partial charge >= 0.3 is 6.16 Å². The lowest BCUT2D eigenvalue weighted by atomic mass is 10.7. The lowest BCUT2D eigenvalue weighted by molar-refractivity contribution is 0.128. The Morgan fingerprint density at radius 1 is 1.88 bits per heavy atom. The van der Waals surface area contributed by atoms with Crippen molar-refractivity contribution in [2.45, 2.75) is 0 Å². The van der Waals surface area contributed by atoms with Crippen LogP contribution in [0.4, 0.5) is 4.79 Å². The van der Waals surface area contributed by atoms with Gasteiger partial charge in [-0.1, -0.05) is 0 Å². The van der Waals surface area contributed by atoms with Crippen LogP contribution in [0, 0.1) is 0 Å². The van der Waals surface area contributed by atoms with E-state index in [-0.39, 0.29) is 5.88 Å². The number of alkyl halides is 1. The maximum Gasteiger partial charge on any atom is 0.510 e. The van der Waals surface area contributed by atoms with E-state index in [4.69, 9.17) is 16.7 Å². The van der Waals surface area contributed by atoms with Crippen LogP contribution in [0.15, 0.2) is 12.3 Å². The Morgan fingerprint density at radius 3 is 2.88 bits per heavy atom.